The number of hydrogen-bond donors (Lipinski definition) is 2. The van der Waals surface area contributed by atoms with Gasteiger partial charge in [-0.05, 0) is 50.9 Å². The normalized spacial score (nSPS) is 11.5. The van der Waals surface area contributed by atoms with Gasteiger partial charge in [-0.2, -0.15) is 0 Å². The van der Waals surface area contributed by atoms with Crippen LogP contribution in [0.25, 0.3) is 0 Å². The zero-order chi connectivity index (χ0) is 14.2. The molecule has 2 rings (SSSR count). The molecule has 5 nitrogen and oxygen atoms in total. The molecule has 0 aliphatic rings. The van der Waals surface area contributed by atoms with Gasteiger partial charge in [-0.15, -0.1) is 0 Å². The zero-order valence-electron chi connectivity index (χ0n) is 9.53. The lowest BCUT2D eigenvalue weighted by Crippen LogP contribution is -2.13. The van der Waals surface area contributed by atoms with E-state index in [0.29, 0.717) is 31.7 Å². The predicted octanol–water partition coefficient (Wildman–Crippen LogP) is 3.07. The van der Waals surface area contributed by atoms with Crippen molar-refractivity contribution in [3.63, 3.8) is 0 Å². The van der Waals surface area contributed by atoms with Gasteiger partial charge in [0.25, 0.3) is 10.0 Å². The zero-order valence-corrected chi connectivity index (χ0v) is 14.3. The summed E-state index contributed by atoms with van der Waals surface area (Å²) in [4.78, 5) is 13.2. The van der Waals surface area contributed by atoms with Crippen LogP contribution >= 0.6 is 43.2 Å². The third kappa shape index (κ3) is 3.10. The maximum atomic E-state index is 12.2. The second kappa shape index (κ2) is 5.39. The third-order valence-electron chi connectivity index (χ3n) is 2.22. The fourth-order valence-corrected chi connectivity index (χ4v) is 5.28. The van der Waals surface area contributed by atoms with Gasteiger partial charge in [0.15, 0.2) is 4.21 Å². The summed E-state index contributed by atoms with van der Waals surface area (Å²) in [5.41, 5.74) is 0.716. The minimum Gasteiger partial charge on any atom is -0.315 e. The molecule has 0 amide bonds. The van der Waals surface area contributed by atoms with Gasteiger partial charge in [0.1, 0.15) is 0 Å². The van der Waals surface area contributed by atoms with Gasteiger partial charge in [-0.25, -0.2) is 8.42 Å². The largest absolute Gasteiger partial charge is 0.315 e. The highest BCUT2D eigenvalue weighted by molar-refractivity contribution is 9.11. The van der Waals surface area contributed by atoms with Crippen molar-refractivity contribution in [2.45, 2.75) is 11.1 Å². The smallest absolute Gasteiger partial charge is 0.306 e. The molecule has 0 atom stereocenters. The van der Waals surface area contributed by atoms with Crippen LogP contribution in [0.5, 0.6) is 0 Å². The molecule has 2 N–H and O–H groups in total. The predicted molar refractivity (Wildman–Crippen MR) is 82.3 cm³/mol. The number of nitrogens with one attached hydrogen (secondary N) is 2. The van der Waals surface area contributed by atoms with Gasteiger partial charge in [-0.1, -0.05) is 17.4 Å². The van der Waals surface area contributed by atoms with Crippen LogP contribution in [0.3, 0.4) is 0 Å². The first-order chi connectivity index (χ1) is 8.81. The van der Waals surface area contributed by atoms with E-state index < -0.39 is 14.9 Å². The number of sulfonamides is 1. The number of aryl methyl sites for hydroxylation is 1. The van der Waals surface area contributed by atoms with E-state index in [1.807, 2.05) is 0 Å². The van der Waals surface area contributed by atoms with Crippen molar-refractivity contribution in [3.05, 3.63) is 42.5 Å². The molecular formula is C10H8Br2N2O3S2. The van der Waals surface area contributed by atoms with Crippen molar-refractivity contribution in [3.8, 4) is 0 Å². The molecular weight excluding hydrogens is 420 g/mol. The molecule has 19 heavy (non-hydrogen) atoms. The molecule has 0 radical (unpaired) electrons. The average molecular weight is 428 g/mol. The molecule has 2 aromatic rings. The highest BCUT2D eigenvalue weighted by Crippen LogP contribution is 2.33. The highest BCUT2D eigenvalue weighted by atomic mass is 79.9. The minimum atomic E-state index is -3.79. The number of thiazole rings is 1. The summed E-state index contributed by atoms with van der Waals surface area (Å²) >= 11 is 7.21. The Hall–Kier alpha value is -0.640. The number of benzene rings is 1. The maximum absolute atomic E-state index is 12.2. The Bertz CT molecular complexity index is 760. The van der Waals surface area contributed by atoms with Gasteiger partial charge in [0.05, 0.1) is 5.69 Å². The fourth-order valence-electron chi connectivity index (χ4n) is 1.42. The van der Waals surface area contributed by atoms with Gasteiger partial charge < -0.3 is 4.98 Å². The molecule has 1 heterocycles. The van der Waals surface area contributed by atoms with E-state index in [2.05, 4.69) is 41.6 Å². The molecule has 9 heteroatoms. The van der Waals surface area contributed by atoms with Crippen LogP contribution in [0.2, 0.25) is 0 Å². The van der Waals surface area contributed by atoms with E-state index in [4.69, 9.17) is 0 Å². The van der Waals surface area contributed by atoms with Crippen LogP contribution in [-0.2, 0) is 10.0 Å². The number of rotatable bonds is 3. The van der Waals surface area contributed by atoms with Crippen LogP contribution in [0.4, 0.5) is 5.69 Å². The summed E-state index contributed by atoms with van der Waals surface area (Å²) < 4.78 is 28.1. The third-order valence-corrected chi connectivity index (χ3v) is 6.50. The summed E-state index contributed by atoms with van der Waals surface area (Å²) in [6.45, 7) is 1.54. The molecule has 0 unspecified atom stereocenters. The van der Waals surface area contributed by atoms with Gasteiger partial charge in [0.2, 0.25) is 0 Å². The number of hydrogen-bond acceptors (Lipinski definition) is 4. The van der Waals surface area contributed by atoms with Crippen LogP contribution < -0.4 is 9.60 Å². The summed E-state index contributed by atoms with van der Waals surface area (Å²) in [6.07, 6.45) is 0. The van der Waals surface area contributed by atoms with Crippen molar-refractivity contribution in [2.75, 3.05) is 4.72 Å². The molecule has 1 aromatic carbocycles. The minimum absolute atomic E-state index is 0.0137. The Morgan fingerprint density at radius 3 is 2.32 bits per heavy atom. The molecule has 0 aliphatic carbocycles. The Morgan fingerprint density at radius 2 is 1.84 bits per heavy atom. The topological polar surface area (TPSA) is 79.0 Å². The second-order valence-electron chi connectivity index (χ2n) is 3.63. The number of para-hydroxylation sites is 1. The Balaban J connectivity index is 2.48. The number of aromatic nitrogens is 1. The van der Waals surface area contributed by atoms with Crippen LogP contribution in [0.1, 0.15) is 5.69 Å². The Labute approximate surface area is 130 Å². The second-order valence-corrected chi connectivity index (χ2v) is 8.20. The van der Waals surface area contributed by atoms with Gasteiger partial charge in [0, 0.05) is 14.6 Å². The molecule has 0 fully saturated rings. The first-order valence-corrected chi connectivity index (χ1v) is 8.86. The lowest BCUT2D eigenvalue weighted by Gasteiger charge is -2.10. The van der Waals surface area contributed by atoms with Crippen molar-refractivity contribution < 1.29 is 8.42 Å². The quantitative estimate of drug-likeness (QED) is 0.789. The Morgan fingerprint density at radius 1 is 1.26 bits per heavy atom. The van der Waals surface area contributed by atoms with Crippen LogP contribution in [0, 0.1) is 6.92 Å². The number of aromatic amines is 1. The van der Waals surface area contributed by atoms with E-state index in [9.17, 15) is 13.2 Å². The molecule has 1 aromatic heterocycles. The van der Waals surface area contributed by atoms with E-state index in [0.717, 1.165) is 0 Å². The molecule has 0 saturated heterocycles. The lowest BCUT2D eigenvalue weighted by molar-refractivity contribution is 0.602. The lowest BCUT2D eigenvalue weighted by atomic mass is 10.3. The van der Waals surface area contributed by atoms with Gasteiger partial charge in [-0.3, -0.25) is 9.52 Å². The number of H-pyrrole nitrogens is 1. The monoisotopic (exact) mass is 426 g/mol. The Kier molecular flexibility index (Phi) is 4.19. The van der Waals surface area contributed by atoms with E-state index >= 15 is 0 Å². The number of anilines is 1. The summed E-state index contributed by atoms with van der Waals surface area (Å²) in [6, 6.07) is 5.20. The van der Waals surface area contributed by atoms with Gasteiger partial charge >= 0.3 is 4.87 Å². The summed E-state index contributed by atoms with van der Waals surface area (Å²) in [7, 11) is -3.79. The standard InChI is InChI=1S/C10H8Br2N2O3S2/c1-5-9(18-10(15)13-5)19(16,17)14-8-6(11)3-2-4-7(8)12/h2-4,14H,1H3,(H,13,15). The maximum Gasteiger partial charge on any atom is 0.306 e. The van der Waals surface area contributed by atoms with Crippen molar-refractivity contribution in [2.24, 2.45) is 0 Å². The molecule has 0 bridgehead atoms. The summed E-state index contributed by atoms with van der Waals surface area (Å²) in [5, 5.41) is 0. The van der Waals surface area contributed by atoms with Crippen molar-refractivity contribution in [1.82, 2.24) is 4.98 Å². The average Bonchev–Trinajstić information content (AvgIpc) is 2.64. The van der Waals surface area contributed by atoms with Crippen molar-refractivity contribution >= 4 is 58.9 Å². The summed E-state index contributed by atoms with van der Waals surface area (Å²) in [5.74, 6) is 0. The van der Waals surface area contributed by atoms with E-state index in [1.165, 1.54) is 0 Å². The highest BCUT2D eigenvalue weighted by Gasteiger charge is 2.22. The fraction of sp³-hybridized carbons (Fsp3) is 0.100. The molecule has 0 saturated carbocycles. The van der Waals surface area contributed by atoms with E-state index in [1.54, 1.807) is 25.1 Å². The first kappa shape index (κ1) is 14.8. The van der Waals surface area contributed by atoms with Crippen LogP contribution in [0.15, 0.2) is 36.1 Å². The molecule has 102 valence electrons. The SMILES string of the molecule is Cc1[nH]c(=O)sc1S(=O)(=O)Nc1c(Br)cccc1Br. The molecule has 0 spiro atoms. The molecule has 0 aliphatic heterocycles. The number of halogens is 2. The van der Waals surface area contributed by atoms with E-state index in [-0.39, 0.29) is 4.21 Å². The first-order valence-electron chi connectivity index (χ1n) is 4.98. The van der Waals surface area contributed by atoms with Crippen LogP contribution in [-0.4, -0.2) is 13.4 Å². The van der Waals surface area contributed by atoms with Crippen molar-refractivity contribution in [1.29, 1.82) is 0 Å².